The minimum absolute atomic E-state index is 0.202. The molecule has 2 heterocycles. The molecular formula is C23H24N2O4. The molecule has 2 amide bonds. The van der Waals surface area contributed by atoms with Crippen molar-refractivity contribution in [3.8, 4) is 0 Å². The van der Waals surface area contributed by atoms with Gasteiger partial charge in [0.25, 0.3) is 11.8 Å². The highest BCUT2D eigenvalue weighted by molar-refractivity contribution is 6.21. The summed E-state index contributed by atoms with van der Waals surface area (Å²) in [5, 5.41) is 0. The predicted octanol–water partition coefficient (Wildman–Crippen LogP) is 2.88. The van der Waals surface area contributed by atoms with Crippen molar-refractivity contribution in [2.24, 2.45) is 0 Å². The third-order valence-electron chi connectivity index (χ3n) is 5.56. The number of hydrogen-bond acceptors (Lipinski definition) is 5. The molecule has 2 aromatic carbocycles. The number of carbonyl (C=O) groups excluding carboxylic acids is 3. The maximum absolute atomic E-state index is 12.5. The number of ether oxygens (including phenoxy) is 1. The lowest BCUT2D eigenvalue weighted by atomic mass is 10.1. The van der Waals surface area contributed by atoms with E-state index in [-0.39, 0.29) is 30.4 Å². The Bertz CT molecular complexity index is 877. The van der Waals surface area contributed by atoms with Crippen LogP contribution in [0.25, 0.3) is 0 Å². The number of rotatable bonds is 7. The highest BCUT2D eigenvalue weighted by Gasteiger charge is 2.35. The zero-order valence-corrected chi connectivity index (χ0v) is 16.3. The molecule has 0 spiro atoms. The fraction of sp³-hybridized carbons (Fsp3) is 0.348. The van der Waals surface area contributed by atoms with Crippen molar-refractivity contribution in [3.63, 3.8) is 0 Å². The van der Waals surface area contributed by atoms with Gasteiger partial charge in [-0.3, -0.25) is 24.2 Å². The van der Waals surface area contributed by atoms with Gasteiger partial charge < -0.3 is 4.74 Å². The standard InChI is InChI=1S/C23H24N2O4/c26-21-18-10-4-5-11-19(18)22(27)25(21)15-7-14-24-13-6-12-20(24)23(28)29-16-17-8-2-1-3-9-17/h1-5,8-11,20H,6-7,12-16H2. The number of hydrogen-bond donors (Lipinski definition) is 0. The first-order valence-electron chi connectivity index (χ1n) is 10.0. The van der Waals surface area contributed by atoms with Crippen LogP contribution in [-0.4, -0.2) is 53.3 Å². The Hall–Kier alpha value is -2.99. The second-order valence-corrected chi connectivity index (χ2v) is 7.45. The molecule has 6 heteroatoms. The molecule has 0 aliphatic carbocycles. The summed E-state index contributed by atoms with van der Waals surface area (Å²) in [6.45, 7) is 2.11. The van der Waals surface area contributed by atoms with Gasteiger partial charge in [0.15, 0.2) is 0 Å². The second-order valence-electron chi connectivity index (χ2n) is 7.45. The number of benzene rings is 2. The molecule has 1 saturated heterocycles. The molecule has 4 rings (SSSR count). The van der Waals surface area contributed by atoms with E-state index in [4.69, 9.17) is 4.74 Å². The van der Waals surface area contributed by atoms with Gasteiger partial charge in [-0.15, -0.1) is 0 Å². The summed E-state index contributed by atoms with van der Waals surface area (Å²) in [4.78, 5) is 40.8. The number of carbonyl (C=O) groups is 3. The third-order valence-corrected chi connectivity index (χ3v) is 5.56. The zero-order chi connectivity index (χ0) is 20.2. The summed E-state index contributed by atoms with van der Waals surface area (Å²) in [5.74, 6) is -0.663. The van der Waals surface area contributed by atoms with Crippen LogP contribution in [-0.2, 0) is 16.1 Å². The molecule has 2 aliphatic rings. The van der Waals surface area contributed by atoms with Crippen LogP contribution in [0.1, 0.15) is 45.5 Å². The van der Waals surface area contributed by atoms with Crippen molar-refractivity contribution in [3.05, 3.63) is 71.3 Å². The molecule has 0 saturated carbocycles. The van der Waals surface area contributed by atoms with E-state index in [1.54, 1.807) is 24.3 Å². The van der Waals surface area contributed by atoms with E-state index in [0.29, 0.717) is 30.6 Å². The highest BCUT2D eigenvalue weighted by Crippen LogP contribution is 2.23. The normalized spacial score (nSPS) is 18.9. The lowest BCUT2D eigenvalue weighted by molar-refractivity contribution is -0.150. The van der Waals surface area contributed by atoms with Crippen molar-refractivity contribution >= 4 is 17.8 Å². The van der Waals surface area contributed by atoms with E-state index in [1.165, 1.54) is 4.90 Å². The molecule has 0 bridgehead atoms. The molecule has 150 valence electrons. The molecule has 29 heavy (non-hydrogen) atoms. The van der Waals surface area contributed by atoms with Crippen LogP contribution in [0, 0.1) is 0 Å². The minimum atomic E-state index is -0.249. The number of amides is 2. The Morgan fingerprint density at radius 2 is 1.59 bits per heavy atom. The van der Waals surface area contributed by atoms with Gasteiger partial charge in [0.1, 0.15) is 12.6 Å². The molecule has 0 radical (unpaired) electrons. The number of nitrogens with zero attached hydrogens (tertiary/aromatic N) is 2. The molecule has 0 aromatic heterocycles. The molecule has 1 unspecified atom stereocenters. The fourth-order valence-corrected chi connectivity index (χ4v) is 4.06. The van der Waals surface area contributed by atoms with Gasteiger partial charge in [0.2, 0.25) is 0 Å². The van der Waals surface area contributed by atoms with Crippen LogP contribution in [0.5, 0.6) is 0 Å². The summed E-state index contributed by atoms with van der Waals surface area (Å²) >= 11 is 0. The first-order valence-corrected chi connectivity index (χ1v) is 10.0. The van der Waals surface area contributed by atoms with Crippen molar-refractivity contribution in [1.29, 1.82) is 0 Å². The average molecular weight is 392 g/mol. The molecule has 0 N–H and O–H groups in total. The number of esters is 1. The number of likely N-dealkylation sites (tertiary alicyclic amines) is 1. The number of imide groups is 1. The summed E-state index contributed by atoms with van der Waals surface area (Å²) in [5.41, 5.74) is 1.91. The van der Waals surface area contributed by atoms with Crippen molar-refractivity contribution in [2.75, 3.05) is 19.6 Å². The fourth-order valence-electron chi connectivity index (χ4n) is 4.06. The van der Waals surface area contributed by atoms with Crippen LogP contribution < -0.4 is 0 Å². The van der Waals surface area contributed by atoms with Gasteiger partial charge in [-0.05, 0) is 43.5 Å². The van der Waals surface area contributed by atoms with Crippen molar-refractivity contribution < 1.29 is 19.1 Å². The van der Waals surface area contributed by atoms with Crippen LogP contribution in [0.3, 0.4) is 0 Å². The highest BCUT2D eigenvalue weighted by atomic mass is 16.5. The minimum Gasteiger partial charge on any atom is -0.460 e. The topological polar surface area (TPSA) is 66.9 Å². The van der Waals surface area contributed by atoms with E-state index in [2.05, 4.69) is 4.90 Å². The smallest absolute Gasteiger partial charge is 0.323 e. The van der Waals surface area contributed by atoms with Gasteiger partial charge in [0.05, 0.1) is 11.1 Å². The van der Waals surface area contributed by atoms with E-state index in [9.17, 15) is 14.4 Å². The molecule has 2 aliphatic heterocycles. The Labute approximate surface area is 170 Å². The first-order chi connectivity index (χ1) is 14.1. The Balaban J connectivity index is 1.28. The third kappa shape index (κ3) is 4.07. The lowest BCUT2D eigenvalue weighted by Gasteiger charge is -2.24. The van der Waals surface area contributed by atoms with Gasteiger partial charge in [-0.1, -0.05) is 42.5 Å². The zero-order valence-electron chi connectivity index (χ0n) is 16.3. The van der Waals surface area contributed by atoms with Crippen LogP contribution in [0.15, 0.2) is 54.6 Å². The molecule has 6 nitrogen and oxygen atoms in total. The first kappa shape index (κ1) is 19.3. The SMILES string of the molecule is O=C(OCc1ccccc1)C1CCCN1CCCN1C(=O)c2ccccc2C1=O. The van der Waals surface area contributed by atoms with Crippen LogP contribution in [0.2, 0.25) is 0 Å². The van der Waals surface area contributed by atoms with Gasteiger partial charge in [-0.2, -0.15) is 0 Å². The molecule has 2 aromatic rings. The van der Waals surface area contributed by atoms with Crippen LogP contribution >= 0.6 is 0 Å². The maximum Gasteiger partial charge on any atom is 0.323 e. The summed E-state index contributed by atoms with van der Waals surface area (Å²) in [6.07, 6.45) is 2.35. The number of fused-ring (bicyclic) bond motifs is 1. The van der Waals surface area contributed by atoms with E-state index < -0.39 is 0 Å². The largest absolute Gasteiger partial charge is 0.460 e. The molecular weight excluding hydrogens is 368 g/mol. The Morgan fingerprint density at radius 1 is 0.931 bits per heavy atom. The Morgan fingerprint density at radius 3 is 2.28 bits per heavy atom. The maximum atomic E-state index is 12.5. The van der Waals surface area contributed by atoms with Gasteiger partial charge >= 0.3 is 5.97 Å². The monoisotopic (exact) mass is 392 g/mol. The van der Waals surface area contributed by atoms with Crippen molar-refractivity contribution in [1.82, 2.24) is 9.80 Å². The summed E-state index contributed by atoms with van der Waals surface area (Å²) in [6, 6.07) is 16.3. The van der Waals surface area contributed by atoms with E-state index in [1.807, 2.05) is 30.3 Å². The van der Waals surface area contributed by atoms with Crippen molar-refractivity contribution in [2.45, 2.75) is 31.9 Å². The van der Waals surface area contributed by atoms with Gasteiger partial charge in [0, 0.05) is 13.1 Å². The quantitative estimate of drug-likeness (QED) is 0.535. The van der Waals surface area contributed by atoms with E-state index >= 15 is 0 Å². The summed E-state index contributed by atoms with van der Waals surface area (Å²) in [7, 11) is 0. The average Bonchev–Trinajstić information content (AvgIpc) is 3.32. The van der Waals surface area contributed by atoms with Gasteiger partial charge in [-0.25, -0.2) is 0 Å². The Kier molecular flexibility index (Phi) is 5.71. The van der Waals surface area contributed by atoms with E-state index in [0.717, 1.165) is 24.9 Å². The predicted molar refractivity (Wildman–Crippen MR) is 107 cm³/mol. The van der Waals surface area contributed by atoms with Crippen LogP contribution in [0.4, 0.5) is 0 Å². The molecule has 1 fully saturated rings. The second kappa shape index (κ2) is 8.57. The molecule has 1 atom stereocenters. The summed E-state index contributed by atoms with van der Waals surface area (Å²) < 4.78 is 5.50. The lowest BCUT2D eigenvalue weighted by Crippen LogP contribution is -2.39.